The molecule has 0 radical (unpaired) electrons. The highest BCUT2D eigenvalue weighted by Crippen LogP contribution is 2.23. The molecule has 1 atom stereocenters. The van der Waals surface area contributed by atoms with Crippen molar-refractivity contribution in [3.05, 3.63) is 53.9 Å². The van der Waals surface area contributed by atoms with E-state index in [1.54, 1.807) is 6.07 Å². The Morgan fingerprint density at radius 2 is 2.00 bits per heavy atom. The van der Waals surface area contributed by atoms with Crippen LogP contribution in [0, 0.1) is 6.92 Å². The Labute approximate surface area is 151 Å². The summed E-state index contributed by atoms with van der Waals surface area (Å²) in [5, 5.41) is 4.01. The van der Waals surface area contributed by atoms with E-state index in [9.17, 15) is 4.79 Å². The normalized spacial score (nSPS) is 17.0. The lowest BCUT2D eigenvalue weighted by Gasteiger charge is -2.18. The van der Waals surface area contributed by atoms with Gasteiger partial charge in [0.25, 0.3) is 0 Å². The molecule has 1 aliphatic rings. The Kier molecular flexibility index (Phi) is 4.12. The summed E-state index contributed by atoms with van der Waals surface area (Å²) in [4.78, 5) is 27.2. The van der Waals surface area contributed by atoms with Gasteiger partial charge >= 0.3 is 0 Å². The number of benzene rings is 1. The van der Waals surface area contributed by atoms with Crippen molar-refractivity contribution in [3.8, 4) is 0 Å². The Hall–Kier alpha value is -3.22. The van der Waals surface area contributed by atoms with Crippen LogP contribution in [-0.2, 0) is 11.3 Å². The number of nitrogens with one attached hydrogen (secondary N) is 1. The Morgan fingerprint density at radius 3 is 2.81 bits per heavy atom. The van der Waals surface area contributed by atoms with Crippen molar-refractivity contribution < 1.29 is 4.79 Å². The molecule has 1 aromatic carbocycles. The number of hydrogen-bond acceptors (Lipinski definition) is 6. The number of rotatable bonds is 4. The fourth-order valence-corrected chi connectivity index (χ4v) is 3.18. The van der Waals surface area contributed by atoms with Crippen molar-refractivity contribution in [3.63, 3.8) is 0 Å². The average Bonchev–Trinajstić information content (AvgIpc) is 2.97. The van der Waals surface area contributed by atoms with Gasteiger partial charge in [-0.3, -0.25) is 4.79 Å². The number of nitrogens with zero attached hydrogens (tertiary/aromatic N) is 4. The minimum absolute atomic E-state index is 0.0840. The van der Waals surface area contributed by atoms with Gasteiger partial charge in [0.05, 0.1) is 5.39 Å². The molecule has 1 amide bonds. The van der Waals surface area contributed by atoms with Crippen LogP contribution in [0.15, 0.2) is 42.7 Å². The fourth-order valence-electron chi connectivity index (χ4n) is 3.18. The number of aryl methyl sites for hydroxylation is 1. The average molecular weight is 348 g/mol. The molecule has 1 aliphatic heterocycles. The molecule has 4 rings (SSSR count). The number of nitrogens with two attached hydrogens (primary N) is 1. The first-order valence-electron chi connectivity index (χ1n) is 8.58. The predicted molar refractivity (Wildman–Crippen MR) is 100 cm³/mol. The lowest BCUT2D eigenvalue weighted by atomic mass is 10.1. The maximum absolute atomic E-state index is 12.8. The Morgan fingerprint density at radius 1 is 1.19 bits per heavy atom. The van der Waals surface area contributed by atoms with Gasteiger partial charge in [0.15, 0.2) is 5.65 Å². The van der Waals surface area contributed by atoms with Crippen molar-refractivity contribution in [2.75, 3.05) is 17.6 Å². The second-order valence-corrected chi connectivity index (χ2v) is 6.56. The van der Waals surface area contributed by atoms with Crippen LogP contribution in [0.25, 0.3) is 11.0 Å². The third-order valence-electron chi connectivity index (χ3n) is 4.62. The van der Waals surface area contributed by atoms with Crippen LogP contribution in [0.1, 0.15) is 17.5 Å². The highest BCUT2D eigenvalue weighted by molar-refractivity contribution is 5.91. The number of amides is 1. The number of fused-ring (bicyclic) bond motifs is 1. The molecule has 1 fully saturated rings. The van der Waals surface area contributed by atoms with Gasteiger partial charge in [-0.1, -0.05) is 29.8 Å². The van der Waals surface area contributed by atoms with E-state index in [-0.39, 0.29) is 11.9 Å². The monoisotopic (exact) mass is 348 g/mol. The number of pyridine rings is 1. The van der Waals surface area contributed by atoms with Gasteiger partial charge in [0.2, 0.25) is 5.91 Å². The zero-order valence-electron chi connectivity index (χ0n) is 14.5. The van der Waals surface area contributed by atoms with E-state index >= 15 is 0 Å². The maximum atomic E-state index is 12.8. The van der Waals surface area contributed by atoms with Crippen molar-refractivity contribution in [1.82, 2.24) is 19.9 Å². The first kappa shape index (κ1) is 16.3. The summed E-state index contributed by atoms with van der Waals surface area (Å²) in [5.74, 6) is 1.10. The van der Waals surface area contributed by atoms with E-state index in [1.165, 1.54) is 11.9 Å². The molecule has 7 nitrogen and oxygen atoms in total. The van der Waals surface area contributed by atoms with Gasteiger partial charge in [-0.05, 0) is 31.0 Å². The van der Waals surface area contributed by atoms with E-state index in [0.29, 0.717) is 23.8 Å². The van der Waals surface area contributed by atoms with Crippen LogP contribution in [0.4, 0.5) is 11.6 Å². The molecule has 0 saturated carbocycles. The number of nitrogen functional groups attached to an aromatic ring is 1. The second-order valence-electron chi connectivity index (χ2n) is 6.56. The van der Waals surface area contributed by atoms with Gasteiger partial charge in [-0.15, -0.1) is 0 Å². The molecule has 132 valence electrons. The highest BCUT2D eigenvalue weighted by atomic mass is 16.2. The third kappa shape index (κ3) is 3.15. The molecule has 1 unspecified atom stereocenters. The lowest BCUT2D eigenvalue weighted by molar-refractivity contribution is -0.128. The summed E-state index contributed by atoms with van der Waals surface area (Å²) in [6, 6.07) is 11.5. The maximum Gasteiger partial charge on any atom is 0.245 e. The molecule has 0 spiro atoms. The first-order chi connectivity index (χ1) is 12.6. The van der Waals surface area contributed by atoms with Crippen molar-refractivity contribution in [2.45, 2.75) is 25.9 Å². The summed E-state index contributed by atoms with van der Waals surface area (Å²) in [6.07, 6.45) is 2.17. The van der Waals surface area contributed by atoms with Gasteiger partial charge < -0.3 is 16.0 Å². The molecule has 7 heteroatoms. The summed E-state index contributed by atoms with van der Waals surface area (Å²) >= 11 is 0. The van der Waals surface area contributed by atoms with Crippen LogP contribution < -0.4 is 11.1 Å². The molecule has 0 bridgehead atoms. The summed E-state index contributed by atoms with van der Waals surface area (Å²) in [6.45, 7) is 3.40. The SMILES string of the molecule is Cc1ccc(CN2CCC(Nc3ncnc4nc(N)ccc34)C2=O)cc1. The summed E-state index contributed by atoms with van der Waals surface area (Å²) < 4.78 is 0. The largest absolute Gasteiger partial charge is 0.384 e. The lowest BCUT2D eigenvalue weighted by Crippen LogP contribution is -2.33. The van der Waals surface area contributed by atoms with Gasteiger partial charge in [0, 0.05) is 13.1 Å². The van der Waals surface area contributed by atoms with Crippen LogP contribution >= 0.6 is 0 Å². The molecule has 3 N–H and O–H groups in total. The third-order valence-corrected chi connectivity index (χ3v) is 4.62. The standard InChI is InChI=1S/C19H20N6O/c1-12-2-4-13(5-3-12)10-25-9-8-15(19(25)26)23-17-14-6-7-16(20)24-18(14)22-11-21-17/h2-7,11,15H,8-10H2,1H3,(H3,20,21,22,23,24). The minimum atomic E-state index is -0.295. The predicted octanol–water partition coefficient (Wildman–Crippen LogP) is 2.13. The molecular formula is C19H20N6O. The van der Waals surface area contributed by atoms with E-state index < -0.39 is 0 Å². The van der Waals surface area contributed by atoms with E-state index in [2.05, 4.69) is 51.5 Å². The molecule has 26 heavy (non-hydrogen) atoms. The van der Waals surface area contributed by atoms with Gasteiger partial charge in [0.1, 0.15) is 24.0 Å². The first-order valence-corrected chi connectivity index (χ1v) is 8.58. The van der Waals surface area contributed by atoms with Gasteiger partial charge in [-0.2, -0.15) is 0 Å². The van der Waals surface area contributed by atoms with Crippen molar-refractivity contribution in [1.29, 1.82) is 0 Å². The smallest absolute Gasteiger partial charge is 0.245 e. The quantitative estimate of drug-likeness (QED) is 0.750. The zero-order chi connectivity index (χ0) is 18.1. The molecule has 1 saturated heterocycles. The van der Waals surface area contributed by atoms with Crippen LogP contribution in [0.5, 0.6) is 0 Å². The van der Waals surface area contributed by atoms with E-state index in [1.807, 2.05) is 11.0 Å². The highest BCUT2D eigenvalue weighted by Gasteiger charge is 2.32. The number of likely N-dealkylation sites (tertiary alicyclic amines) is 1. The summed E-state index contributed by atoms with van der Waals surface area (Å²) in [7, 11) is 0. The molecule has 3 aromatic rings. The zero-order valence-corrected chi connectivity index (χ0v) is 14.5. The Balaban J connectivity index is 1.50. The molecule has 0 aliphatic carbocycles. The molecule has 2 aromatic heterocycles. The van der Waals surface area contributed by atoms with E-state index in [4.69, 9.17) is 5.73 Å². The van der Waals surface area contributed by atoms with Gasteiger partial charge in [-0.25, -0.2) is 15.0 Å². The fraction of sp³-hybridized carbons (Fsp3) is 0.263. The topological polar surface area (TPSA) is 97.0 Å². The number of anilines is 2. The van der Waals surface area contributed by atoms with Crippen LogP contribution in [-0.4, -0.2) is 38.3 Å². The number of carbonyl (C=O) groups excluding carboxylic acids is 1. The minimum Gasteiger partial charge on any atom is -0.384 e. The second kappa shape index (κ2) is 6.59. The van der Waals surface area contributed by atoms with Crippen LogP contribution in [0.3, 0.4) is 0 Å². The number of carbonyl (C=O) groups is 1. The Bertz CT molecular complexity index is 956. The molecular weight excluding hydrogens is 328 g/mol. The summed E-state index contributed by atoms with van der Waals surface area (Å²) in [5.41, 5.74) is 8.58. The van der Waals surface area contributed by atoms with Crippen molar-refractivity contribution >= 4 is 28.6 Å². The number of aromatic nitrogens is 3. The van der Waals surface area contributed by atoms with E-state index in [0.717, 1.165) is 23.9 Å². The number of hydrogen-bond donors (Lipinski definition) is 2. The molecule has 3 heterocycles. The van der Waals surface area contributed by atoms with Crippen molar-refractivity contribution in [2.24, 2.45) is 0 Å². The van der Waals surface area contributed by atoms with Crippen LogP contribution in [0.2, 0.25) is 0 Å².